The van der Waals surface area contributed by atoms with E-state index in [1.165, 1.54) is 0 Å². The van der Waals surface area contributed by atoms with Gasteiger partial charge in [-0.2, -0.15) is 0 Å². The van der Waals surface area contributed by atoms with Crippen molar-refractivity contribution in [3.05, 3.63) is 30.3 Å². The van der Waals surface area contributed by atoms with Crippen LogP contribution in [0.1, 0.15) is 33.6 Å². The highest BCUT2D eigenvalue weighted by Crippen LogP contribution is 2.32. The number of para-hydroxylation sites is 1. The van der Waals surface area contributed by atoms with Crippen LogP contribution in [0.2, 0.25) is 0 Å². The van der Waals surface area contributed by atoms with E-state index in [2.05, 4.69) is 35.9 Å². The van der Waals surface area contributed by atoms with Gasteiger partial charge in [0.15, 0.2) is 11.6 Å². The predicted molar refractivity (Wildman–Crippen MR) is 98.5 cm³/mol. The molecular formula is C19H26N4O2. The minimum atomic E-state index is 0.0664. The molecule has 6 nitrogen and oxygen atoms in total. The molecule has 2 aromatic rings. The minimum absolute atomic E-state index is 0.0664. The van der Waals surface area contributed by atoms with Crippen molar-refractivity contribution in [2.24, 2.45) is 0 Å². The van der Waals surface area contributed by atoms with Gasteiger partial charge in [0.25, 0.3) is 0 Å². The van der Waals surface area contributed by atoms with Gasteiger partial charge < -0.3 is 15.6 Å². The second kappa shape index (κ2) is 6.88. The Morgan fingerprint density at radius 2 is 2.00 bits per heavy atom. The third-order valence-corrected chi connectivity index (χ3v) is 4.59. The van der Waals surface area contributed by atoms with Crippen molar-refractivity contribution in [3.63, 3.8) is 0 Å². The fourth-order valence-corrected chi connectivity index (χ4v) is 3.12. The van der Waals surface area contributed by atoms with Crippen LogP contribution in [0.15, 0.2) is 30.3 Å². The summed E-state index contributed by atoms with van der Waals surface area (Å²) in [5.74, 6) is 0.949. The lowest BCUT2D eigenvalue weighted by atomic mass is 9.99. The first-order chi connectivity index (χ1) is 11.8. The van der Waals surface area contributed by atoms with Crippen molar-refractivity contribution in [2.45, 2.75) is 45.3 Å². The molecule has 0 aliphatic carbocycles. The summed E-state index contributed by atoms with van der Waals surface area (Å²) < 4.78 is 6.16. The number of nitrogens with zero attached hydrogens (tertiary/aromatic N) is 3. The first-order valence-electron chi connectivity index (χ1n) is 8.68. The van der Waals surface area contributed by atoms with Crippen molar-refractivity contribution < 1.29 is 9.84 Å². The number of likely N-dealkylation sites (tertiary alicyclic amines) is 1. The molecule has 1 aromatic carbocycles. The van der Waals surface area contributed by atoms with Crippen molar-refractivity contribution in [1.82, 2.24) is 15.1 Å². The number of rotatable bonds is 3. The highest BCUT2D eigenvalue weighted by molar-refractivity contribution is 5.68. The number of hydrogen-bond donors (Lipinski definition) is 2. The predicted octanol–water partition coefficient (Wildman–Crippen LogP) is 3.07. The highest BCUT2D eigenvalue weighted by atomic mass is 16.5. The Labute approximate surface area is 148 Å². The molecule has 1 aliphatic rings. The summed E-state index contributed by atoms with van der Waals surface area (Å²) in [6, 6.07) is 8.78. The molecule has 1 unspecified atom stereocenters. The summed E-state index contributed by atoms with van der Waals surface area (Å²) in [5, 5.41) is 18.1. The number of phenols is 1. The van der Waals surface area contributed by atoms with Gasteiger partial charge in [-0.3, -0.25) is 4.90 Å². The lowest BCUT2D eigenvalue weighted by Gasteiger charge is -2.41. The average molecular weight is 342 g/mol. The van der Waals surface area contributed by atoms with E-state index < -0.39 is 0 Å². The maximum atomic E-state index is 10.0. The molecule has 0 bridgehead atoms. The van der Waals surface area contributed by atoms with E-state index in [0.717, 1.165) is 25.9 Å². The minimum Gasteiger partial charge on any atom is -0.507 e. The number of benzene rings is 1. The van der Waals surface area contributed by atoms with Gasteiger partial charge in [0.1, 0.15) is 17.5 Å². The normalized spacial score (nSPS) is 18.9. The first-order valence-corrected chi connectivity index (χ1v) is 8.68. The van der Waals surface area contributed by atoms with E-state index >= 15 is 0 Å². The van der Waals surface area contributed by atoms with E-state index in [-0.39, 0.29) is 23.2 Å². The van der Waals surface area contributed by atoms with Gasteiger partial charge in [-0.1, -0.05) is 12.1 Å². The number of aromatic nitrogens is 2. The van der Waals surface area contributed by atoms with E-state index in [4.69, 9.17) is 10.5 Å². The van der Waals surface area contributed by atoms with Gasteiger partial charge in [-0.25, -0.2) is 0 Å². The Hall–Kier alpha value is -2.34. The number of piperidine rings is 1. The van der Waals surface area contributed by atoms with E-state index in [1.54, 1.807) is 24.3 Å². The first kappa shape index (κ1) is 17.5. The molecule has 0 spiro atoms. The number of aromatic hydroxyl groups is 1. The third-order valence-electron chi connectivity index (χ3n) is 4.59. The van der Waals surface area contributed by atoms with Crippen molar-refractivity contribution in [3.8, 4) is 22.8 Å². The summed E-state index contributed by atoms with van der Waals surface area (Å²) in [6.07, 6.45) is 2.14. The van der Waals surface area contributed by atoms with Crippen LogP contribution in [0.5, 0.6) is 11.5 Å². The van der Waals surface area contributed by atoms with Crippen LogP contribution < -0.4 is 10.5 Å². The fourth-order valence-electron chi connectivity index (χ4n) is 3.12. The molecule has 1 atom stereocenters. The molecule has 0 radical (unpaired) electrons. The van der Waals surface area contributed by atoms with Gasteiger partial charge in [0.2, 0.25) is 0 Å². The van der Waals surface area contributed by atoms with Crippen LogP contribution >= 0.6 is 0 Å². The number of nitrogen functional groups attached to an aromatic ring is 1. The van der Waals surface area contributed by atoms with Crippen LogP contribution in [-0.2, 0) is 0 Å². The zero-order chi connectivity index (χ0) is 18.0. The van der Waals surface area contributed by atoms with Crippen molar-refractivity contribution in [2.75, 3.05) is 18.8 Å². The molecule has 25 heavy (non-hydrogen) atoms. The summed E-state index contributed by atoms with van der Waals surface area (Å²) in [4.78, 5) is 2.43. The molecule has 3 N–H and O–H groups in total. The molecule has 1 fully saturated rings. The smallest absolute Gasteiger partial charge is 0.188 e. The second-order valence-corrected chi connectivity index (χ2v) is 7.50. The zero-order valence-electron chi connectivity index (χ0n) is 15.1. The van der Waals surface area contributed by atoms with Crippen molar-refractivity contribution >= 4 is 5.82 Å². The fraction of sp³-hybridized carbons (Fsp3) is 0.474. The maximum Gasteiger partial charge on any atom is 0.188 e. The third kappa shape index (κ3) is 4.02. The van der Waals surface area contributed by atoms with Crippen LogP contribution in [0.3, 0.4) is 0 Å². The Morgan fingerprint density at radius 1 is 1.24 bits per heavy atom. The molecule has 134 valence electrons. The van der Waals surface area contributed by atoms with Crippen LogP contribution in [0.4, 0.5) is 5.82 Å². The van der Waals surface area contributed by atoms with E-state index in [9.17, 15) is 5.11 Å². The second-order valence-electron chi connectivity index (χ2n) is 7.50. The number of anilines is 1. The summed E-state index contributed by atoms with van der Waals surface area (Å²) in [7, 11) is 0. The Kier molecular flexibility index (Phi) is 4.81. The average Bonchev–Trinajstić information content (AvgIpc) is 2.57. The molecule has 2 heterocycles. The van der Waals surface area contributed by atoms with Gasteiger partial charge in [0.05, 0.1) is 0 Å². The SMILES string of the molecule is CC(C)(C)N1CCCC(Oc2cc(-c3ccccc3O)nnc2N)C1. The summed E-state index contributed by atoms with van der Waals surface area (Å²) in [6.45, 7) is 8.59. The molecular weight excluding hydrogens is 316 g/mol. The van der Waals surface area contributed by atoms with Gasteiger partial charge >= 0.3 is 0 Å². The van der Waals surface area contributed by atoms with Crippen molar-refractivity contribution in [1.29, 1.82) is 0 Å². The molecule has 3 rings (SSSR count). The topological polar surface area (TPSA) is 84.5 Å². The molecule has 0 amide bonds. The largest absolute Gasteiger partial charge is 0.507 e. The molecule has 1 aliphatic heterocycles. The lowest BCUT2D eigenvalue weighted by Crippen LogP contribution is -2.50. The summed E-state index contributed by atoms with van der Waals surface area (Å²) >= 11 is 0. The van der Waals surface area contributed by atoms with E-state index in [1.807, 2.05) is 6.07 Å². The number of phenolic OH excluding ortho intramolecular Hbond substituents is 1. The monoisotopic (exact) mass is 342 g/mol. The van der Waals surface area contributed by atoms with Gasteiger partial charge in [-0.05, 0) is 52.3 Å². The van der Waals surface area contributed by atoms with Gasteiger partial charge in [-0.15, -0.1) is 10.2 Å². The maximum absolute atomic E-state index is 10.0. The van der Waals surface area contributed by atoms with Gasteiger partial charge in [0, 0.05) is 23.7 Å². The standard InChI is InChI=1S/C19H26N4O2/c1-19(2,3)23-10-6-7-13(12-23)25-17-11-15(21-22-18(17)20)14-8-4-5-9-16(14)24/h4-5,8-9,11,13,24H,6-7,10,12H2,1-3H3,(H2,20,22). The zero-order valence-corrected chi connectivity index (χ0v) is 15.1. The highest BCUT2D eigenvalue weighted by Gasteiger charge is 2.29. The molecule has 0 saturated carbocycles. The lowest BCUT2D eigenvalue weighted by molar-refractivity contribution is 0.0348. The molecule has 1 saturated heterocycles. The van der Waals surface area contributed by atoms with Crippen LogP contribution in [0, 0.1) is 0 Å². The molecule has 6 heteroatoms. The quantitative estimate of drug-likeness (QED) is 0.892. The van der Waals surface area contributed by atoms with Crippen LogP contribution in [-0.4, -0.2) is 44.9 Å². The Balaban J connectivity index is 1.81. The number of nitrogens with two attached hydrogens (primary N) is 1. The van der Waals surface area contributed by atoms with Crippen LogP contribution in [0.25, 0.3) is 11.3 Å². The Morgan fingerprint density at radius 3 is 2.72 bits per heavy atom. The number of ether oxygens (including phenoxy) is 1. The molecule has 1 aromatic heterocycles. The van der Waals surface area contributed by atoms with E-state index in [0.29, 0.717) is 17.0 Å². The summed E-state index contributed by atoms with van der Waals surface area (Å²) in [5.41, 5.74) is 7.24. The Bertz CT molecular complexity index is 742. The number of hydrogen-bond acceptors (Lipinski definition) is 6.